The molecule has 1 fully saturated rings. The minimum atomic E-state index is -0.198. The van der Waals surface area contributed by atoms with Crippen LogP contribution in [-0.4, -0.2) is 60.9 Å². The third-order valence-electron chi connectivity index (χ3n) is 4.26. The number of piperidine rings is 1. The van der Waals surface area contributed by atoms with Crippen LogP contribution in [0.3, 0.4) is 0 Å². The second kappa shape index (κ2) is 8.99. The first-order chi connectivity index (χ1) is 11.9. The van der Waals surface area contributed by atoms with E-state index in [1.807, 2.05) is 6.07 Å². The second-order valence-electron chi connectivity index (χ2n) is 6.08. The van der Waals surface area contributed by atoms with Crippen molar-refractivity contribution in [3.05, 3.63) is 34.3 Å². The van der Waals surface area contributed by atoms with Crippen molar-refractivity contribution >= 4 is 33.7 Å². The van der Waals surface area contributed by atoms with E-state index in [1.165, 1.54) is 4.90 Å². The summed E-state index contributed by atoms with van der Waals surface area (Å²) in [7, 11) is 1.62. The lowest BCUT2D eigenvalue weighted by Crippen LogP contribution is -2.45. The molecule has 2 amide bonds. The van der Waals surface area contributed by atoms with Crippen LogP contribution in [0.5, 0.6) is 0 Å². The number of ether oxygens (including phenoxy) is 1. The molecule has 0 atom stereocenters. The van der Waals surface area contributed by atoms with Gasteiger partial charge in [0, 0.05) is 30.2 Å². The van der Waals surface area contributed by atoms with Crippen molar-refractivity contribution in [2.24, 2.45) is 5.92 Å². The number of halogens is 1. The topological polar surface area (TPSA) is 66.9 Å². The predicted octanol–water partition coefficient (Wildman–Crippen LogP) is 2.32. The summed E-state index contributed by atoms with van der Waals surface area (Å²) in [6.07, 6.45) is 1.21. The van der Waals surface area contributed by atoms with Crippen LogP contribution in [0.4, 0.5) is 0 Å². The van der Waals surface area contributed by atoms with Crippen molar-refractivity contribution < 1.29 is 19.1 Å². The molecule has 0 radical (unpaired) electrons. The summed E-state index contributed by atoms with van der Waals surface area (Å²) in [5.41, 5.74) is 0.533. The van der Waals surface area contributed by atoms with Crippen LogP contribution >= 0.6 is 15.9 Å². The third-order valence-corrected chi connectivity index (χ3v) is 4.75. The molecule has 0 aliphatic carbocycles. The molecule has 136 valence electrons. The Balaban J connectivity index is 1.86. The van der Waals surface area contributed by atoms with Gasteiger partial charge in [-0.05, 0) is 38.0 Å². The molecule has 1 aromatic carbocycles. The largest absolute Gasteiger partial charge is 0.466 e. The lowest BCUT2D eigenvalue weighted by molar-refractivity contribution is -0.151. The molecule has 2 rings (SSSR count). The number of amides is 2. The van der Waals surface area contributed by atoms with E-state index in [4.69, 9.17) is 4.74 Å². The maximum atomic E-state index is 12.4. The van der Waals surface area contributed by atoms with Gasteiger partial charge in [0.05, 0.1) is 19.1 Å². The summed E-state index contributed by atoms with van der Waals surface area (Å²) < 4.78 is 5.85. The number of hydrogen-bond acceptors (Lipinski definition) is 4. The van der Waals surface area contributed by atoms with Crippen LogP contribution < -0.4 is 0 Å². The highest BCUT2D eigenvalue weighted by molar-refractivity contribution is 9.10. The van der Waals surface area contributed by atoms with Gasteiger partial charge in [0.1, 0.15) is 0 Å². The summed E-state index contributed by atoms with van der Waals surface area (Å²) >= 11 is 3.34. The van der Waals surface area contributed by atoms with Gasteiger partial charge in [0.25, 0.3) is 5.91 Å². The highest BCUT2D eigenvalue weighted by atomic mass is 79.9. The molecule has 1 aromatic rings. The monoisotopic (exact) mass is 410 g/mol. The van der Waals surface area contributed by atoms with Crippen molar-refractivity contribution in [2.75, 3.05) is 33.3 Å². The van der Waals surface area contributed by atoms with E-state index >= 15 is 0 Å². The smallest absolute Gasteiger partial charge is 0.309 e. The minimum Gasteiger partial charge on any atom is -0.466 e. The van der Waals surface area contributed by atoms with Gasteiger partial charge in [-0.2, -0.15) is 0 Å². The normalized spacial score (nSPS) is 14.9. The summed E-state index contributed by atoms with van der Waals surface area (Å²) in [4.78, 5) is 39.7. The number of carbonyl (C=O) groups is 3. The van der Waals surface area contributed by atoms with Crippen LogP contribution in [0.1, 0.15) is 30.1 Å². The van der Waals surface area contributed by atoms with Crippen molar-refractivity contribution in [1.29, 1.82) is 0 Å². The van der Waals surface area contributed by atoms with E-state index in [1.54, 1.807) is 37.1 Å². The Labute approximate surface area is 156 Å². The van der Waals surface area contributed by atoms with Gasteiger partial charge in [-0.15, -0.1) is 0 Å². The SMILES string of the molecule is CCOC(=O)C1CCN(C(=O)CN(C)C(=O)c2cccc(Br)c2)CC1. The van der Waals surface area contributed by atoms with Gasteiger partial charge < -0.3 is 14.5 Å². The van der Waals surface area contributed by atoms with Crippen LogP contribution in [0.15, 0.2) is 28.7 Å². The highest BCUT2D eigenvalue weighted by Gasteiger charge is 2.29. The maximum absolute atomic E-state index is 12.4. The standard InChI is InChI=1S/C18H23BrN2O4/c1-3-25-18(24)13-7-9-21(10-8-13)16(22)12-20(2)17(23)14-5-4-6-15(19)11-14/h4-6,11,13H,3,7-10,12H2,1-2H3. The van der Waals surface area contributed by atoms with Gasteiger partial charge in [-0.1, -0.05) is 22.0 Å². The molecule has 6 nitrogen and oxygen atoms in total. The van der Waals surface area contributed by atoms with E-state index in [2.05, 4.69) is 15.9 Å². The summed E-state index contributed by atoms with van der Waals surface area (Å²) in [6.45, 7) is 3.22. The molecular weight excluding hydrogens is 388 g/mol. The van der Waals surface area contributed by atoms with Gasteiger partial charge in [-0.3, -0.25) is 14.4 Å². The molecule has 0 spiro atoms. The molecule has 1 heterocycles. The first kappa shape index (κ1) is 19.4. The summed E-state index contributed by atoms with van der Waals surface area (Å²) in [6, 6.07) is 7.08. The number of carbonyl (C=O) groups excluding carboxylic acids is 3. The molecule has 25 heavy (non-hydrogen) atoms. The number of hydrogen-bond donors (Lipinski definition) is 0. The summed E-state index contributed by atoms with van der Waals surface area (Å²) in [5, 5.41) is 0. The Morgan fingerprint density at radius 1 is 1.28 bits per heavy atom. The molecular formula is C18H23BrN2O4. The quantitative estimate of drug-likeness (QED) is 0.698. The number of likely N-dealkylation sites (tertiary alicyclic amines) is 1. The number of likely N-dealkylation sites (N-methyl/N-ethyl adjacent to an activating group) is 1. The molecule has 0 aromatic heterocycles. The Hall–Kier alpha value is -1.89. The lowest BCUT2D eigenvalue weighted by atomic mass is 9.97. The Bertz CT molecular complexity index is 642. The molecule has 7 heteroatoms. The Kier molecular flexibility index (Phi) is 6.99. The molecule has 1 aliphatic rings. The minimum absolute atomic E-state index is 0.0232. The van der Waals surface area contributed by atoms with E-state index in [0.717, 1.165) is 4.47 Å². The van der Waals surface area contributed by atoms with Gasteiger partial charge in [0.15, 0.2) is 0 Å². The lowest BCUT2D eigenvalue weighted by Gasteiger charge is -2.32. The average molecular weight is 411 g/mol. The molecule has 1 saturated heterocycles. The predicted molar refractivity (Wildman–Crippen MR) is 97.0 cm³/mol. The zero-order valence-corrected chi connectivity index (χ0v) is 16.1. The molecule has 0 saturated carbocycles. The number of nitrogens with zero attached hydrogens (tertiary/aromatic N) is 2. The third kappa shape index (κ3) is 5.29. The molecule has 0 N–H and O–H groups in total. The zero-order chi connectivity index (χ0) is 18.4. The van der Waals surface area contributed by atoms with Gasteiger partial charge in [-0.25, -0.2) is 0 Å². The number of esters is 1. The van der Waals surface area contributed by atoms with Crippen LogP contribution in [0, 0.1) is 5.92 Å². The maximum Gasteiger partial charge on any atom is 0.309 e. The van der Waals surface area contributed by atoms with Crippen molar-refractivity contribution in [3.63, 3.8) is 0 Å². The zero-order valence-electron chi connectivity index (χ0n) is 14.5. The van der Waals surface area contributed by atoms with Gasteiger partial charge >= 0.3 is 5.97 Å². The van der Waals surface area contributed by atoms with E-state index in [-0.39, 0.29) is 30.2 Å². The van der Waals surface area contributed by atoms with E-state index in [9.17, 15) is 14.4 Å². The fraction of sp³-hybridized carbons (Fsp3) is 0.500. The number of benzene rings is 1. The van der Waals surface area contributed by atoms with Crippen molar-refractivity contribution in [2.45, 2.75) is 19.8 Å². The van der Waals surface area contributed by atoms with Crippen LogP contribution in [0.2, 0.25) is 0 Å². The first-order valence-corrected chi connectivity index (χ1v) is 9.17. The molecule has 0 bridgehead atoms. The van der Waals surface area contributed by atoms with Crippen LogP contribution in [0.25, 0.3) is 0 Å². The summed E-state index contributed by atoms with van der Waals surface area (Å²) in [5.74, 6) is -0.620. The average Bonchev–Trinajstić information content (AvgIpc) is 2.61. The van der Waals surface area contributed by atoms with E-state index < -0.39 is 0 Å². The Morgan fingerprint density at radius 2 is 1.96 bits per heavy atom. The Morgan fingerprint density at radius 3 is 2.56 bits per heavy atom. The molecule has 1 aliphatic heterocycles. The fourth-order valence-electron chi connectivity index (χ4n) is 2.84. The van der Waals surface area contributed by atoms with Crippen molar-refractivity contribution in [3.8, 4) is 0 Å². The highest BCUT2D eigenvalue weighted by Crippen LogP contribution is 2.19. The van der Waals surface area contributed by atoms with Crippen molar-refractivity contribution in [1.82, 2.24) is 9.80 Å². The van der Waals surface area contributed by atoms with Gasteiger partial charge in [0.2, 0.25) is 5.91 Å². The fourth-order valence-corrected chi connectivity index (χ4v) is 3.24. The number of rotatable bonds is 5. The van der Waals surface area contributed by atoms with Crippen LogP contribution in [-0.2, 0) is 14.3 Å². The second-order valence-corrected chi connectivity index (χ2v) is 6.99. The first-order valence-electron chi connectivity index (χ1n) is 8.37. The van der Waals surface area contributed by atoms with E-state index in [0.29, 0.717) is 38.1 Å². The molecule has 0 unspecified atom stereocenters.